The number of pyridine rings is 1. The molecule has 120 valence electrons. The lowest BCUT2D eigenvalue weighted by Gasteiger charge is -2.16. The van der Waals surface area contributed by atoms with Gasteiger partial charge < -0.3 is 26.4 Å². The monoisotopic (exact) mass is 325 g/mol. The van der Waals surface area contributed by atoms with Crippen molar-refractivity contribution in [2.24, 2.45) is 5.73 Å². The van der Waals surface area contributed by atoms with Crippen molar-refractivity contribution in [3.05, 3.63) is 18.6 Å². The predicted octanol–water partition coefficient (Wildman–Crippen LogP) is -0.675. The highest BCUT2D eigenvalue weighted by molar-refractivity contribution is 7.99. The summed E-state index contributed by atoms with van der Waals surface area (Å²) in [4.78, 5) is 8.44. The molecule has 1 aliphatic rings. The van der Waals surface area contributed by atoms with Gasteiger partial charge in [0.05, 0.1) is 18.1 Å². The molecule has 8 nitrogen and oxygen atoms in total. The van der Waals surface area contributed by atoms with Gasteiger partial charge in [0, 0.05) is 24.2 Å². The van der Waals surface area contributed by atoms with Gasteiger partial charge in [0.1, 0.15) is 17.7 Å². The average molecular weight is 325 g/mol. The van der Waals surface area contributed by atoms with Crippen LogP contribution in [0.2, 0.25) is 0 Å². The minimum atomic E-state index is -1.05. The Morgan fingerprint density at radius 2 is 2.14 bits per heavy atom. The molecule has 3 rings (SSSR count). The normalized spacial score (nSPS) is 28.5. The molecule has 0 amide bonds. The molecule has 2 aromatic rings. The van der Waals surface area contributed by atoms with Crippen LogP contribution in [0.15, 0.2) is 18.6 Å². The highest BCUT2D eigenvalue weighted by Crippen LogP contribution is 2.33. The maximum absolute atomic E-state index is 10.3. The van der Waals surface area contributed by atoms with Gasteiger partial charge in [-0.3, -0.25) is 4.57 Å². The molecule has 0 saturated carbocycles. The topological polar surface area (TPSA) is 132 Å². The highest BCUT2D eigenvalue weighted by atomic mass is 32.2. The summed E-state index contributed by atoms with van der Waals surface area (Å²) in [7, 11) is 0. The van der Waals surface area contributed by atoms with E-state index in [1.807, 2.05) is 0 Å². The molecule has 0 radical (unpaired) electrons. The Hall–Kier alpha value is -1.39. The largest absolute Gasteiger partial charge is 0.397 e. The van der Waals surface area contributed by atoms with Gasteiger partial charge in [-0.25, -0.2) is 9.97 Å². The van der Waals surface area contributed by atoms with Crippen LogP contribution in [0.5, 0.6) is 0 Å². The number of nitrogens with zero attached hydrogens (tertiary/aromatic N) is 3. The van der Waals surface area contributed by atoms with Crippen molar-refractivity contribution >= 4 is 28.6 Å². The van der Waals surface area contributed by atoms with Crippen LogP contribution in [-0.2, 0) is 4.74 Å². The molecule has 3 heterocycles. The molecule has 1 fully saturated rings. The van der Waals surface area contributed by atoms with Crippen LogP contribution < -0.4 is 11.5 Å². The fraction of sp³-hybridized carbons (Fsp3) is 0.538. The molecule has 0 aliphatic carbocycles. The number of aliphatic hydroxyl groups is 2. The molecule has 22 heavy (non-hydrogen) atoms. The highest BCUT2D eigenvalue weighted by Gasteiger charge is 2.44. The number of aliphatic hydroxyl groups excluding tert-OH is 2. The van der Waals surface area contributed by atoms with Gasteiger partial charge in [-0.05, 0) is 6.07 Å². The summed E-state index contributed by atoms with van der Waals surface area (Å²) >= 11 is 1.58. The van der Waals surface area contributed by atoms with Crippen molar-refractivity contribution in [1.29, 1.82) is 0 Å². The fourth-order valence-corrected chi connectivity index (χ4v) is 3.36. The average Bonchev–Trinajstić information content (AvgIpc) is 3.05. The first-order valence-corrected chi connectivity index (χ1v) is 8.15. The molecule has 6 N–H and O–H groups in total. The number of imidazole rings is 1. The summed E-state index contributed by atoms with van der Waals surface area (Å²) < 4.78 is 7.41. The minimum absolute atomic E-state index is 0.463. The van der Waals surface area contributed by atoms with Gasteiger partial charge in [0.25, 0.3) is 0 Å². The van der Waals surface area contributed by atoms with Crippen molar-refractivity contribution in [2.45, 2.75) is 24.5 Å². The SMILES string of the molecule is NCCSCC1OC(n2cnc3c(N)ccnc32)C(O)C1O. The first-order valence-electron chi connectivity index (χ1n) is 7.00. The smallest absolute Gasteiger partial charge is 0.165 e. The molecular formula is C13H19N5O3S. The molecule has 9 heteroatoms. The van der Waals surface area contributed by atoms with Gasteiger partial charge in [-0.1, -0.05) is 0 Å². The molecule has 0 spiro atoms. The number of ether oxygens (including phenoxy) is 1. The van der Waals surface area contributed by atoms with Crippen LogP contribution in [0, 0.1) is 0 Å². The molecule has 1 aliphatic heterocycles. The fourth-order valence-electron chi connectivity index (χ4n) is 2.52. The van der Waals surface area contributed by atoms with E-state index in [2.05, 4.69) is 9.97 Å². The molecule has 1 saturated heterocycles. The summed E-state index contributed by atoms with van der Waals surface area (Å²) in [5.74, 6) is 1.34. The zero-order valence-corrected chi connectivity index (χ0v) is 12.7. The van der Waals surface area contributed by atoms with Gasteiger partial charge in [0.2, 0.25) is 0 Å². The van der Waals surface area contributed by atoms with Crippen LogP contribution in [-0.4, -0.2) is 61.1 Å². The van der Waals surface area contributed by atoms with Crippen LogP contribution >= 0.6 is 11.8 Å². The molecule has 4 atom stereocenters. The van der Waals surface area contributed by atoms with Gasteiger partial charge >= 0.3 is 0 Å². The number of nitrogens with two attached hydrogens (primary N) is 2. The van der Waals surface area contributed by atoms with E-state index in [1.54, 1.807) is 28.6 Å². The Labute approximate surface area is 131 Å². The van der Waals surface area contributed by atoms with Crippen molar-refractivity contribution < 1.29 is 14.9 Å². The maximum atomic E-state index is 10.3. The Morgan fingerprint density at radius 1 is 1.32 bits per heavy atom. The van der Waals surface area contributed by atoms with E-state index in [0.29, 0.717) is 29.1 Å². The lowest BCUT2D eigenvalue weighted by atomic mass is 10.1. The van der Waals surface area contributed by atoms with E-state index in [0.717, 1.165) is 5.75 Å². The zero-order chi connectivity index (χ0) is 15.7. The first-order chi connectivity index (χ1) is 10.6. The number of hydrogen-bond acceptors (Lipinski definition) is 8. The molecule has 4 unspecified atom stereocenters. The summed E-state index contributed by atoms with van der Waals surface area (Å²) in [5.41, 5.74) is 12.9. The summed E-state index contributed by atoms with van der Waals surface area (Å²) in [6.45, 7) is 0.564. The number of aromatic nitrogens is 3. The summed E-state index contributed by atoms with van der Waals surface area (Å²) in [6.07, 6.45) is -0.127. The van der Waals surface area contributed by atoms with Crippen LogP contribution in [0.1, 0.15) is 6.23 Å². The van der Waals surface area contributed by atoms with Crippen molar-refractivity contribution in [2.75, 3.05) is 23.8 Å². The second-order valence-electron chi connectivity index (χ2n) is 5.13. The molecular weight excluding hydrogens is 306 g/mol. The molecule has 2 aromatic heterocycles. The zero-order valence-electron chi connectivity index (χ0n) is 11.9. The number of hydrogen-bond donors (Lipinski definition) is 4. The Kier molecular flexibility index (Phi) is 4.50. The van der Waals surface area contributed by atoms with Crippen molar-refractivity contribution in [3.8, 4) is 0 Å². The van der Waals surface area contributed by atoms with E-state index in [1.165, 1.54) is 6.33 Å². The number of nitrogen functional groups attached to an aromatic ring is 1. The van der Waals surface area contributed by atoms with Gasteiger partial charge in [-0.15, -0.1) is 0 Å². The number of thioether (sulfide) groups is 1. The summed E-state index contributed by atoms with van der Waals surface area (Å²) in [5, 5.41) is 20.4. The van der Waals surface area contributed by atoms with Crippen molar-refractivity contribution in [3.63, 3.8) is 0 Å². The first kappa shape index (κ1) is 15.5. The quantitative estimate of drug-likeness (QED) is 0.532. The number of anilines is 1. The maximum Gasteiger partial charge on any atom is 0.165 e. The lowest BCUT2D eigenvalue weighted by Crippen LogP contribution is -2.32. The van der Waals surface area contributed by atoms with Crippen LogP contribution in [0.4, 0.5) is 5.69 Å². The number of rotatable bonds is 5. The van der Waals surface area contributed by atoms with Gasteiger partial charge in [-0.2, -0.15) is 11.8 Å². The number of fused-ring (bicyclic) bond motifs is 1. The second-order valence-corrected chi connectivity index (χ2v) is 6.28. The Morgan fingerprint density at radius 3 is 2.91 bits per heavy atom. The van der Waals surface area contributed by atoms with E-state index >= 15 is 0 Å². The lowest BCUT2D eigenvalue weighted by molar-refractivity contribution is -0.0288. The predicted molar refractivity (Wildman–Crippen MR) is 84.2 cm³/mol. The van der Waals surface area contributed by atoms with Gasteiger partial charge in [0.15, 0.2) is 11.9 Å². The standard InChI is InChI=1S/C13H19N5O3S/c14-2-4-22-5-8-10(19)11(20)13(21-8)18-6-17-9-7(15)1-3-16-12(9)18/h1,3,6,8,10-11,13,19-20H,2,4-5,14H2,(H2,15,16). The van der Waals surface area contributed by atoms with E-state index in [9.17, 15) is 10.2 Å². The van der Waals surface area contributed by atoms with E-state index in [-0.39, 0.29) is 0 Å². The van der Waals surface area contributed by atoms with E-state index < -0.39 is 24.5 Å². The van der Waals surface area contributed by atoms with E-state index in [4.69, 9.17) is 16.2 Å². The summed E-state index contributed by atoms with van der Waals surface area (Å²) in [6, 6.07) is 1.66. The Bertz CT molecular complexity index is 652. The Balaban J connectivity index is 1.83. The third kappa shape index (κ3) is 2.66. The van der Waals surface area contributed by atoms with Crippen molar-refractivity contribution in [1.82, 2.24) is 14.5 Å². The molecule has 0 aromatic carbocycles. The van der Waals surface area contributed by atoms with Crippen LogP contribution in [0.3, 0.4) is 0 Å². The third-order valence-corrected chi connectivity index (χ3v) is 4.74. The minimum Gasteiger partial charge on any atom is -0.397 e. The molecule has 0 bridgehead atoms. The van der Waals surface area contributed by atoms with Crippen LogP contribution in [0.25, 0.3) is 11.2 Å². The third-order valence-electron chi connectivity index (χ3n) is 3.65. The second kappa shape index (κ2) is 6.39.